The summed E-state index contributed by atoms with van der Waals surface area (Å²) in [6, 6.07) is 0. The molecule has 26 heavy (non-hydrogen) atoms. The number of rotatable bonds is 4. The van der Waals surface area contributed by atoms with E-state index in [0.717, 1.165) is 31.9 Å². The van der Waals surface area contributed by atoms with E-state index in [-0.39, 0.29) is 16.0 Å². The van der Waals surface area contributed by atoms with E-state index in [9.17, 15) is 9.00 Å². The average molecular weight is 375 g/mol. The second-order valence-corrected chi connectivity index (χ2v) is 8.65. The highest BCUT2D eigenvalue weighted by molar-refractivity contribution is 7.85. The molecule has 0 aromatic carbocycles. The van der Waals surface area contributed by atoms with Crippen LogP contribution in [0.2, 0.25) is 0 Å². The van der Waals surface area contributed by atoms with Gasteiger partial charge in [0.15, 0.2) is 11.2 Å². The van der Waals surface area contributed by atoms with Crippen molar-refractivity contribution in [3.8, 4) is 11.8 Å². The van der Waals surface area contributed by atoms with Crippen molar-refractivity contribution < 1.29 is 4.21 Å². The summed E-state index contributed by atoms with van der Waals surface area (Å²) < 4.78 is 15.8. The average Bonchev–Trinajstić information content (AvgIpc) is 3.01. The Bertz CT molecular complexity index is 958. The molecular formula is C18H25N5O2S. The molecule has 1 aliphatic rings. The molecule has 3 rings (SSSR count). The third-order valence-electron chi connectivity index (χ3n) is 4.59. The molecule has 0 N–H and O–H groups in total. The lowest BCUT2D eigenvalue weighted by Crippen LogP contribution is -2.32. The number of hydrogen-bond donors (Lipinski definition) is 0. The lowest BCUT2D eigenvalue weighted by Gasteiger charge is -2.27. The normalized spacial score (nSPS) is 16.0. The number of aromatic nitrogens is 4. The lowest BCUT2D eigenvalue weighted by molar-refractivity contribution is 0.561. The molecular weight excluding hydrogens is 350 g/mol. The Morgan fingerprint density at radius 2 is 1.88 bits per heavy atom. The predicted molar refractivity (Wildman–Crippen MR) is 104 cm³/mol. The van der Waals surface area contributed by atoms with Crippen LogP contribution in [0.4, 0.5) is 5.95 Å². The van der Waals surface area contributed by atoms with Crippen molar-refractivity contribution in [3.63, 3.8) is 0 Å². The van der Waals surface area contributed by atoms with Gasteiger partial charge in [0.05, 0.1) is 17.3 Å². The highest BCUT2D eigenvalue weighted by atomic mass is 32.2. The standard InChI is InChI=1S/C18H25N5O2S/c1-5-6-12-23-14-15(19-17(23)22-10-8-7-9-11-22)20-18(21(4)16(14)24)26(25)13(2)3/h13H,7-12H2,1-4H3. The zero-order valence-corrected chi connectivity index (χ0v) is 16.6. The van der Waals surface area contributed by atoms with Crippen molar-refractivity contribution in [3.05, 3.63) is 10.4 Å². The zero-order valence-electron chi connectivity index (χ0n) is 15.8. The van der Waals surface area contributed by atoms with Gasteiger partial charge in [0, 0.05) is 25.4 Å². The van der Waals surface area contributed by atoms with Gasteiger partial charge in [0.1, 0.15) is 0 Å². The topological polar surface area (TPSA) is 73.0 Å². The SMILES string of the molecule is CC#CCn1c(N2CCCCC2)nc2nc(S(=O)C(C)C)n(C)c(=O)c21. The second kappa shape index (κ2) is 7.62. The van der Waals surface area contributed by atoms with Crippen LogP contribution >= 0.6 is 0 Å². The maximum Gasteiger partial charge on any atom is 0.280 e. The maximum absolute atomic E-state index is 13.0. The fourth-order valence-electron chi connectivity index (χ4n) is 3.16. The van der Waals surface area contributed by atoms with Crippen LogP contribution in [0, 0.1) is 11.8 Å². The zero-order chi connectivity index (χ0) is 18.8. The molecule has 140 valence electrons. The van der Waals surface area contributed by atoms with Crippen LogP contribution in [0.5, 0.6) is 0 Å². The molecule has 7 nitrogen and oxygen atoms in total. The largest absolute Gasteiger partial charge is 0.342 e. The molecule has 8 heteroatoms. The summed E-state index contributed by atoms with van der Waals surface area (Å²) in [4.78, 5) is 24.4. The van der Waals surface area contributed by atoms with Gasteiger partial charge in [-0.25, -0.2) is 0 Å². The predicted octanol–water partition coefficient (Wildman–Crippen LogP) is 1.66. The van der Waals surface area contributed by atoms with Gasteiger partial charge in [-0.05, 0) is 26.2 Å². The highest BCUT2D eigenvalue weighted by Gasteiger charge is 2.24. The van der Waals surface area contributed by atoms with Crippen LogP contribution in [-0.2, 0) is 24.4 Å². The molecule has 2 aromatic heterocycles. The molecule has 1 atom stereocenters. The van der Waals surface area contributed by atoms with E-state index in [2.05, 4.69) is 26.7 Å². The van der Waals surface area contributed by atoms with Gasteiger partial charge in [-0.3, -0.25) is 18.1 Å². The van der Waals surface area contributed by atoms with Crippen molar-refractivity contribution in [1.29, 1.82) is 0 Å². The van der Waals surface area contributed by atoms with Crippen molar-refractivity contribution in [2.45, 2.75) is 57.0 Å². The van der Waals surface area contributed by atoms with E-state index in [1.165, 1.54) is 11.0 Å². The van der Waals surface area contributed by atoms with E-state index in [1.807, 2.05) is 18.4 Å². The molecule has 0 spiro atoms. The van der Waals surface area contributed by atoms with Crippen LogP contribution in [-0.4, -0.2) is 41.7 Å². The number of hydrogen-bond acceptors (Lipinski definition) is 5. The van der Waals surface area contributed by atoms with Crippen molar-refractivity contribution in [2.75, 3.05) is 18.0 Å². The van der Waals surface area contributed by atoms with Gasteiger partial charge in [0.25, 0.3) is 5.56 Å². The Balaban J connectivity index is 2.24. The van der Waals surface area contributed by atoms with E-state index in [1.54, 1.807) is 14.0 Å². The summed E-state index contributed by atoms with van der Waals surface area (Å²) in [5, 5.41) is 0.147. The van der Waals surface area contributed by atoms with Gasteiger partial charge in [-0.15, -0.1) is 5.92 Å². The minimum Gasteiger partial charge on any atom is -0.342 e. The number of piperidine rings is 1. The van der Waals surface area contributed by atoms with Crippen LogP contribution in [0.15, 0.2) is 9.95 Å². The monoisotopic (exact) mass is 375 g/mol. The molecule has 2 aromatic rings. The third-order valence-corrected chi connectivity index (χ3v) is 6.17. The fourth-order valence-corrected chi connectivity index (χ4v) is 4.11. The Labute approximate surface area is 155 Å². The number of nitrogens with zero attached hydrogens (tertiary/aromatic N) is 5. The van der Waals surface area contributed by atoms with Gasteiger partial charge < -0.3 is 4.90 Å². The first kappa shape index (κ1) is 18.6. The maximum atomic E-state index is 13.0. The first-order valence-corrected chi connectivity index (χ1v) is 10.2. The van der Waals surface area contributed by atoms with Crippen molar-refractivity contribution >= 4 is 27.9 Å². The quantitative estimate of drug-likeness (QED) is 0.600. The molecule has 0 saturated carbocycles. The minimum absolute atomic E-state index is 0.125. The van der Waals surface area contributed by atoms with E-state index < -0.39 is 10.8 Å². The summed E-state index contributed by atoms with van der Waals surface area (Å²) in [6.45, 7) is 7.69. The summed E-state index contributed by atoms with van der Waals surface area (Å²) in [5.41, 5.74) is 0.559. The van der Waals surface area contributed by atoms with E-state index in [4.69, 9.17) is 0 Å². The van der Waals surface area contributed by atoms with Crippen LogP contribution in [0.1, 0.15) is 40.0 Å². The van der Waals surface area contributed by atoms with Crippen LogP contribution in [0.25, 0.3) is 11.2 Å². The Morgan fingerprint density at radius 1 is 1.19 bits per heavy atom. The summed E-state index contributed by atoms with van der Waals surface area (Å²) in [6.07, 6.45) is 3.43. The fraction of sp³-hybridized carbons (Fsp3) is 0.611. The Morgan fingerprint density at radius 3 is 2.50 bits per heavy atom. The molecule has 0 radical (unpaired) electrons. The van der Waals surface area contributed by atoms with Crippen molar-refractivity contribution in [2.24, 2.45) is 7.05 Å². The van der Waals surface area contributed by atoms with Gasteiger partial charge >= 0.3 is 0 Å². The van der Waals surface area contributed by atoms with Crippen molar-refractivity contribution in [1.82, 2.24) is 19.1 Å². The molecule has 1 unspecified atom stereocenters. The number of imidazole rings is 1. The number of anilines is 1. The summed E-state index contributed by atoms with van der Waals surface area (Å²) in [7, 11) is 0.259. The Kier molecular flexibility index (Phi) is 5.47. The Hall–Kier alpha value is -2.14. The minimum atomic E-state index is -1.36. The summed E-state index contributed by atoms with van der Waals surface area (Å²) >= 11 is 0. The third kappa shape index (κ3) is 3.28. The second-order valence-electron chi connectivity index (χ2n) is 6.75. The molecule has 0 aliphatic carbocycles. The van der Waals surface area contributed by atoms with Gasteiger partial charge in [0.2, 0.25) is 11.1 Å². The first-order valence-electron chi connectivity index (χ1n) is 8.98. The number of fused-ring (bicyclic) bond motifs is 1. The first-order chi connectivity index (χ1) is 12.5. The molecule has 0 amide bonds. The lowest BCUT2D eigenvalue weighted by atomic mass is 10.1. The molecule has 1 aliphatic heterocycles. The smallest absolute Gasteiger partial charge is 0.280 e. The van der Waals surface area contributed by atoms with E-state index >= 15 is 0 Å². The van der Waals surface area contributed by atoms with Crippen LogP contribution in [0.3, 0.4) is 0 Å². The highest BCUT2D eigenvalue weighted by Crippen LogP contribution is 2.23. The molecule has 0 bridgehead atoms. The van der Waals surface area contributed by atoms with Gasteiger partial charge in [-0.1, -0.05) is 19.8 Å². The summed E-state index contributed by atoms with van der Waals surface area (Å²) in [5.74, 6) is 6.66. The molecule has 3 heterocycles. The molecule has 1 fully saturated rings. The van der Waals surface area contributed by atoms with Gasteiger partial charge in [-0.2, -0.15) is 9.97 Å². The molecule has 1 saturated heterocycles. The van der Waals surface area contributed by atoms with Crippen LogP contribution < -0.4 is 10.5 Å². The van der Waals surface area contributed by atoms with E-state index in [0.29, 0.717) is 17.7 Å².